The summed E-state index contributed by atoms with van der Waals surface area (Å²) in [4.78, 5) is 27.3. The van der Waals surface area contributed by atoms with E-state index in [-0.39, 0.29) is 35.8 Å². The van der Waals surface area contributed by atoms with Crippen LogP contribution in [0.3, 0.4) is 0 Å². The number of carbonyl (C=O) groups excluding carboxylic acids is 2. The SMILES string of the molecule is COCCNC(=O)C[C@@H]1OC[C@@H]2[C@H]1[C@H](CC(=O)NC1CC1)CN2Cc1cnn(C)c1. The van der Waals surface area contributed by atoms with Crippen LogP contribution >= 0.6 is 0 Å². The zero-order chi connectivity index (χ0) is 21.1. The minimum Gasteiger partial charge on any atom is -0.383 e. The molecule has 9 heteroatoms. The van der Waals surface area contributed by atoms with Crippen molar-refractivity contribution in [3.05, 3.63) is 18.0 Å². The Morgan fingerprint density at radius 3 is 2.83 bits per heavy atom. The fraction of sp³-hybridized carbons (Fsp3) is 0.762. The van der Waals surface area contributed by atoms with Crippen LogP contribution in [0.5, 0.6) is 0 Å². The van der Waals surface area contributed by atoms with Crippen LogP contribution in [-0.4, -0.2) is 78.1 Å². The molecule has 2 saturated heterocycles. The third kappa shape index (κ3) is 5.19. The second kappa shape index (κ2) is 9.45. The van der Waals surface area contributed by atoms with Crippen molar-refractivity contribution in [1.29, 1.82) is 0 Å². The number of fused-ring (bicyclic) bond motifs is 1. The first kappa shape index (κ1) is 21.3. The van der Waals surface area contributed by atoms with E-state index in [1.807, 2.05) is 24.1 Å². The molecule has 3 aliphatic rings. The van der Waals surface area contributed by atoms with E-state index in [9.17, 15) is 9.59 Å². The van der Waals surface area contributed by atoms with Gasteiger partial charge in [0.1, 0.15) is 0 Å². The van der Waals surface area contributed by atoms with Crippen molar-refractivity contribution in [2.45, 2.75) is 50.4 Å². The molecule has 0 bridgehead atoms. The van der Waals surface area contributed by atoms with Crippen LogP contribution in [0, 0.1) is 11.8 Å². The molecule has 2 N–H and O–H groups in total. The quantitative estimate of drug-likeness (QED) is 0.521. The number of aromatic nitrogens is 2. The maximum atomic E-state index is 12.5. The molecular weight excluding hydrogens is 386 g/mol. The number of amides is 2. The van der Waals surface area contributed by atoms with Gasteiger partial charge in [-0.3, -0.25) is 19.2 Å². The molecule has 0 unspecified atom stereocenters. The van der Waals surface area contributed by atoms with Crippen molar-refractivity contribution >= 4 is 11.8 Å². The van der Waals surface area contributed by atoms with Crippen LogP contribution in [0.4, 0.5) is 0 Å². The number of aryl methyl sites for hydroxylation is 1. The number of hydrogen-bond donors (Lipinski definition) is 2. The molecular formula is C21H33N5O4. The van der Waals surface area contributed by atoms with Gasteiger partial charge in [0.25, 0.3) is 0 Å². The van der Waals surface area contributed by atoms with Gasteiger partial charge in [0, 0.05) is 70.0 Å². The van der Waals surface area contributed by atoms with Gasteiger partial charge in [-0.1, -0.05) is 0 Å². The number of methoxy groups -OCH3 is 1. The monoisotopic (exact) mass is 419 g/mol. The van der Waals surface area contributed by atoms with Crippen LogP contribution in [0.15, 0.2) is 12.4 Å². The Bertz CT molecular complexity index is 750. The summed E-state index contributed by atoms with van der Waals surface area (Å²) >= 11 is 0. The summed E-state index contributed by atoms with van der Waals surface area (Å²) in [6.45, 7) is 3.21. The molecule has 3 heterocycles. The minimum atomic E-state index is -0.157. The minimum absolute atomic E-state index is 0.0235. The molecule has 30 heavy (non-hydrogen) atoms. The van der Waals surface area contributed by atoms with Gasteiger partial charge in [-0.15, -0.1) is 0 Å². The van der Waals surface area contributed by atoms with E-state index in [1.54, 1.807) is 7.11 Å². The van der Waals surface area contributed by atoms with Gasteiger partial charge in [0.05, 0.1) is 31.9 Å². The van der Waals surface area contributed by atoms with Gasteiger partial charge in [-0.25, -0.2) is 0 Å². The van der Waals surface area contributed by atoms with Crippen molar-refractivity contribution in [3.8, 4) is 0 Å². The standard InChI is InChI=1S/C21H33N5O4/c1-25-10-14(9-23-25)11-26-12-15(7-20(28)24-16-3-4-16)21-17(26)13-30-18(21)8-19(27)22-5-6-29-2/h9-10,15-18,21H,3-8,11-13H2,1-2H3,(H,22,27)(H,24,28)/t15-,17-,18+,21-/m1/s1. The summed E-state index contributed by atoms with van der Waals surface area (Å²) in [6.07, 6.45) is 6.75. The highest BCUT2D eigenvalue weighted by Gasteiger charge is 2.51. The predicted molar refractivity (Wildman–Crippen MR) is 109 cm³/mol. The number of carbonyl (C=O) groups is 2. The lowest BCUT2D eigenvalue weighted by Crippen LogP contribution is -2.36. The third-order valence-corrected chi connectivity index (χ3v) is 6.39. The summed E-state index contributed by atoms with van der Waals surface area (Å²) in [7, 11) is 3.53. The topological polar surface area (TPSA) is 97.7 Å². The molecule has 9 nitrogen and oxygen atoms in total. The van der Waals surface area contributed by atoms with E-state index < -0.39 is 0 Å². The van der Waals surface area contributed by atoms with Crippen LogP contribution in [0.1, 0.15) is 31.2 Å². The van der Waals surface area contributed by atoms with Gasteiger partial charge in [-0.05, 0) is 18.8 Å². The average molecular weight is 420 g/mol. The zero-order valence-electron chi connectivity index (χ0n) is 17.9. The molecule has 3 fully saturated rings. The third-order valence-electron chi connectivity index (χ3n) is 6.39. The first-order valence-electron chi connectivity index (χ1n) is 10.9. The number of likely N-dealkylation sites (tertiary alicyclic amines) is 1. The summed E-state index contributed by atoms with van der Waals surface area (Å²) in [5.41, 5.74) is 1.15. The number of nitrogens with one attached hydrogen (secondary N) is 2. The smallest absolute Gasteiger partial charge is 0.222 e. The second-order valence-corrected chi connectivity index (χ2v) is 8.82. The predicted octanol–water partition coefficient (Wildman–Crippen LogP) is 0.0569. The second-order valence-electron chi connectivity index (χ2n) is 8.82. The Balaban J connectivity index is 1.41. The van der Waals surface area contributed by atoms with Gasteiger partial charge in [-0.2, -0.15) is 5.10 Å². The lowest BCUT2D eigenvalue weighted by atomic mass is 9.84. The highest BCUT2D eigenvalue weighted by molar-refractivity contribution is 5.77. The number of hydrogen-bond acceptors (Lipinski definition) is 6. The van der Waals surface area contributed by atoms with Crippen LogP contribution in [0.25, 0.3) is 0 Å². The number of ether oxygens (including phenoxy) is 2. The summed E-state index contributed by atoms with van der Waals surface area (Å²) in [5, 5.41) is 10.3. The van der Waals surface area contributed by atoms with Gasteiger partial charge in [0.2, 0.25) is 11.8 Å². The lowest BCUT2D eigenvalue weighted by molar-refractivity contribution is -0.124. The van der Waals surface area contributed by atoms with E-state index in [2.05, 4.69) is 20.6 Å². The Labute approximate surface area is 177 Å². The van der Waals surface area contributed by atoms with Gasteiger partial charge >= 0.3 is 0 Å². The van der Waals surface area contributed by atoms with Crippen LogP contribution in [0.2, 0.25) is 0 Å². The first-order chi connectivity index (χ1) is 14.5. The number of rotatable bonds is 10. The molecule has 4 rings (SSSR count). The van der Waals surface area contributed by atoms with Crippen molar-refractivity contribution < 1.29 is 19.1 Å². The highest BCUT2D eigenvalue weighted by atomic mass is 16.5. The van der Waals surface area contributed by atoms with Crippen molar-refractivity contribution in [3.63, 3.8) is 0 Å². The molecule has 1 aliphatic carbocycles. The van der Waals surface area contributed by atoms with Crippen molar-refractivity contribution in [2.75, 3.05) is 33.4 Å². The molecule has 2 amide bonds. The first-order valence-corrected chi connectivity index (χ1v) is 10.9. The summed E-state index contributed by atoms with van der Waals surface area (Å²) in [6, 6.07) is 0.587. The van der Waals surface area contributed by atoms with Crippen molar-refractivity contribution in [1.82, 2.24) is 25.3 Å². The maximum absolute atomic E-state index is 12.5. The van der Waals surface area contributed by atoms with Crippen LogP contribution < -0.4 is 10.6 Å². The molecule has 166 valence electrons. The van der Waals surface area contributed by atoms with E-state index >= 15 is 0 Å². The Morgan fingerprint density at radius 2 is 2.13 bits per heavy atom. The molecule has 0 spiro atoms. The van der Waals surface area contributed by atoms with Gasteiger partial charge < -0.3 is 20.1 Å². The zero-order valence-corrected chi connectivity index (χ0v) is 17.9. The lowest BCUT2D eigenvalue weighted by Gasteiger charge is -2.23. The normalized spacial score (nSPS) is 28.5. The number of nitrogens with zero attached hydrogens (tertiary/aromatic N) is 3. The van der Waals surface area contributed by atoms with Gasteiger partial charge in [0.15, 0.2) is 0 Å². The van der Waals surface area contributed by atoms with Crippen LogP contribution in [-0.2, 0) is 32.7 Å². The van der Waals surface area contributed by atoms with E-state index in [0.29, 0.717) is 38.6 Å². The summed E-state index contributed by atoms with van der Waals surface area (Å²) < 4.78 is 12.9. The molecule has 0 aromatic carbocycles. The average Bonchev–Trinajstić information content (AvgIpc) is 3.11. The molecule has 4 atom stereocenters. The fourth-order valence-corrected chi connectivity index (χ4v) is 4.88. The molecule has 1 saturated carbocycles. The largest absolute Gasteiger partial charge is 0.383 e. The highest BCUT2D eigenvalue weighted by Crippen LogP contribution is 2.42. The fourth-order valence-electron chi connectivity index (χ4n) is 4.88. The molecule has 2 aliphatic heterocycles. The maximum Gasteiger partial charge on any atom is 0.222 e. The molecule has 0 radical (unpaired) electrons. The molecule has 1 aromatic heterocycles. The Morgan fingerprint density at radius 1 is 1.30 bits per heavy atom. The summed E-state index contributed by atoms with van der Waals surface area (Å²) in [5.74, 6) is 0.466. The van der Waals surface area contributed by atoms with E-state index in [4.69, 9.17) is 9.47 Å². The van der Waals surface area contributed by atoms with E-state index in [1.165, 1.54) is 0 Å². The van der Waals surface area contributed by atoms with Crippen molar-refractivity contribution in [2.24, 2.45) is 18.9 Å². The molecule has 1 aromatic rings. The Hall–Kier alpha value is -1.97. The Kier molecular flexibility index (Phi) is 6.70. The van der Waals surface area contributed by atoms with E-state index in [0.717, 1.165) is 31.5 Å².